The van der Waals surface area contributed by atoms with Crippen molar-refractivity contribution in [3.8, 4) is 11.1 Å². The third kappa shape index (κ3) is 4.94. The molecule has 2 aliphatic rings. The number of pyridine rings is 1. The molecule has 0 atom stereocenters. The summed E-state index contributed by atoms with van der Waals surface area (Å²) in [6.45, 7) is 6.62. The molecule has 0 amide bonds. The van der Waals surface area contributed by atoms with Gasteiger partial charge in [-0.05, 0) is 36.6 Å². The average Bonchev–Trinajstić information content (AvgIpc) is 3.30. The first-order valence-electron chi connectivity index (χ1n) is 12.1. The van der Waals surface area contributed by atoms with Crippen LogP contribution in [0.25, 0.3) is 16.6 Å². The zero-order valence-electron chi connectivity index (χ0n) is 19.8. The van der Waals surface area contributed by atoms with E-state index in [9.17, 15) is 4.79 Å². The van der Waals surface area contributed by atoms with Crippen LogP contribution in [0.5, 0.6) is 0 Å². The van der Waals surface area contributed by atoms with Crippen LogP contribution in [0.15, 0.2) is 48.8 Å². The number of hydrogen-bond acceptors (Lipinski definition) is 7. The number of nitrogens with one attached hydrogen (secondary N) is 1. The van der Waals surface area contributed by atoms with Crippen molar-refractivity contribution in [3.05, 3.63) is 54.4 Å². The molecule has 1 N–H and O–H groups in total. The van der Waals surface area contributed by atoms with E-state index in [0.717, 1.165) is 55.9 Å². The van der Waals surface area contributed by atoms with Gasteiger partial charge in [0, 0.05) is 75.4 Å². The number of anilines is 1. The van der Waals surface area contributed by atoms with Gasteiger partial charge in [-0.3, -0.25) is 9.69 Å². The number of ether oxygens (including phenoxy) is 2. The summed E-state index contributed by atoms with van der Waals surface area (Å²) in [4.78, 5) is 17.3. The maximum atomic E-state index is 12.1. The Morgan fingerprint density at radius 1 is 1.12 bits per heavy atom. The fourth-order valence-electron chi connectivity index (χ4n) is 5.18. The maximum absolute atomic E-state index is 12.1. The highest BCUT2D eigenvalue weighted by molar-refractivity contribution is 5.82. The zero-order valence-corrected chi connectivity index (χ0v) is 19.8. The summed E-state index contributed by atoms with van der Waals surface area (Å²) >= 11 is 0. The third-order valence-electron chi connectivity index (χ3n) is 6.96. The minimum absolute atomic E-state index is 0.0397. The number of methoxy groups -OCH3 is 1. The van der Waals surface area contributed by atoms with Crippen LogP contribution in [-0.4, -0.2) is 79.7 Å². The van der Waals surface area contributed by atoms with Crippen molar-refractivity contribution in [2.24, 2.45) is 0 Å². The molecule has 0 radical (unpaired) electrons. The molecule has 8 heteroatoms. The Morgan fingerprint density at radius 3 is 2.71 bits per heavy atom. The van der Waals surface area contributed by atoms with Gasteiger partial charge in [-0.2, -0.15) is 5.10 Å². The summed E-state index contributed by atoms with van der Waals surface area (Å²) in [7, 11) is 1.50. The van der Waals surface area contributed by atoms with Crippen LogP contribution in [0.1, 0.15) is 18.4 Å². The zero-order chi connectivity index (χ0) is 23.3. The smallest absolute Gasteiger partial charge is 0.312 e. The third-order valence-corrected chi connectivity index (χ3v) is 6.96. The van der Waals surface area contributed by atoms with Crippen molar-refractivity contribution in [1.82, 2.24) is 19.8 Å². The van der Waals surface area contributed by atoms with E-state index >= 15 is 0 Å². The van der Waals surface area contributed by atoms with Crippen molar-refractivity contribution in [2.75, 3.05) is 58.1 Å². The second-order valence-corrected chi connectivity index (χ2v) is 9.04. The lowest BCUT2D eigenvalue weighted by molar-refractivity contribution is -0.153. The van der Waals surface area contributed by atoms with E-state index in [4.69, 9.17) is 9.47 Å². The molecule has 34 heavy (non-hydrogen) atoms. The van der Waals surface area contributed by atoms with Crippen LogP contribution in [0.3, 0.4) is 0 Å². The normalized spacial score (nSPS) is 17.9. The number of carbonyl (C=O) groups is 1. The number of esters is 1. The molecule has 180 valence electrons. The maximum Gasteiger partial charge on any atom is 0.312 e. The molecule has 5 rings (SSSR count). The number of piperazine rings is 1. The summed E-state index contributed by atoms with van der Waals surface area (Å²) in [5.74, 6) is -0.324. The molecule has 0 aliphatic carbocycles. The lowest BCUT2D eigenvalue weighted by Crippen LogP contribution is -2.52. The highest BCUT2D eigenvalue weighted by Crippen LogP contribution is 2.34. The van der Waals surface area contributed by atoms with Crippen molar-refractivity contribution < 1.29 is 14.3 Å². The standard InChI is InChI=1S/C26H33N5O3/c1-33-19-34-26(32)17-21-18-28-31-13-6-20(16-25(21)31)23-4-2-3-5-24(23)30-11-7-22(8-12-30)29-14-9-27-10-15-29/h2-6,13,16,18,22,27H,7-12,14-15,17,19H2,1H3. The average molecular weight is 464 g/mol. The van der Waals surface area contributed by atoms with Crippen molar-refractivity contribution in [1.29, 1.82) is 0 Å². The number of piperidine rings is 1. The first-order chi connectivity index (χ1) is 16.7. The van der Waals surface area contributed by atoms with E-state index in [0.29, 0.717) is 6.04 Å². The van der Waals surface area contributed by atoms with Crippen LogP contribution < -0.4 is 10.2 Å². The molecule has 8 nitrogen and oxygen atoms in total. The summed E-state index contributed by atoms with van der Waals surface area (Å²) in [6.07, 6.45) is 6.26. The number of fused-ring (bicyclic) bond motifs is 1. The number of hydrogen-bond donors (Lipinski definition) is 1. The molecule has 1 aromatic carbocycles. The lowest BCUT2D eigenvalue weighted by Gasteiger charge is -2.41. The SMILES string of the molecule is COCOC(=O)Cc1cnn2ccc(-c3ccccc3N3CCC(N4CCNCC4)CC3)cc12. The van der Waals surface area contributed by atoms with Gasteiger partial charge in [0.25, 0.3) is 0 Å². The van der Waals surface area contributed by atoms with Crippen molar-refractivity contribution in [2.45, 2.75) is 25.3 Å². The van der Waals surface area contributed by atoms with Gasteiger partial charge in [0.1, 0.15) is 0 Å². The molecule has 0 saturated carbocycles. The van der Waals surface area contributed by atoms with E-state index in [-0.39, 0.29) is 19.2 Å². The van der Waals surface area contributed by atoms with E-state index in [1.54, 1.807) is 6.20 Å². The highest BCUT2D eigenvalue weighted by Gasteiger charge is 2.26. The first kappa shape index (κ1) is 22.8. The first-order valence-corrected chi connectivity index (χ1v) is 12.1. The van der Waals surface area contributed by atoms with Crippen LogP contribution in [0.2, 0.25) is 0 Å². The molecule has 0 unspecified atom stereocenters. The van der Waals surface area contributed by atoms with E-state index in [1.165, 1.54) is 31.2 Å². The Bertz CT molecular complexity index is 1120. The van der Waals surface area contributed by atoms with Crippen molar-refractivity contribution in [3.63, 3.8) is 0 Å². The molecule has 2 aliphatic heterocycles. The minimum Gasteiger partial charge on any atom is -0.438 e. The van der Waals surface area contributed by atoms with Gasteiger partial charge in [-0.15, -0.1) is 0 Å². The van der Waals surface area contributed by atoms with Gasteiger partial charge in [0.2, 0.25) is 0 Å². The van der Waals surface area contributed by atoms with E-state index in [1.807, 2.05) is 10.7 Å². The van der Waals surface area contributed by atoms with Gasteiger partial charge in [0.15, 0.2) is 6.79 Å². The molecule has 2 fully saturated rings. The Morgan fingerprint density at radius 2 is 1.91 bits per heavy atom. The lowest BCUT2D eigenvalue weighted by atomic mass is 9.98. The monoisotopic (exact) mass is 463 g/mol. The second-order valence-electron chi connectivity index (χ2n) is 9.04. The number of carbonyl (C=O) groups excluding carboxylic acids is 1. The highest BCUT2D eigenvalue weighted by atomic mass is 16.7. The Labute approximate surface area is 200 Å². The van der Waals surface area contributed by atoms with E-state index in [2.05, 4.69) is 56.6 Å². The molecule has 0 spiro atoms. The molecule has 2 aromatic heterocycles. The number of nitrogens with zero attached hydrogens (tertiary/aromatic N) is 4. The number of rotatable bonds is 7. The number of benzene rings is 1. The molecular formula is C26H33N5O3. The fourth-order valence-corrected chi connectivity index (χ4v) is 5.18. The van der Waals surface area contributed by atoms with Gasteiger partial charge in [0.05, 0.1) is 18.1 Å². The Kier molecular flexibility index (Phi) is 7.08. The predicted molar refractivity (Wildman–Crippen MR) is 132 cm³/mol. The van der Waals surface area contributed by atoms with Crippen LogP contribution >= 0.6 is 0 Å². The van der Waals surface area contributed by atoms with Gasteiger partial charge >= 0.3 is 5.97 Å². The fraction of sp³-hybridized carbons (Fsp3) is 0.462. The van der Waals surface area contributed by atoms with Gasteiger partial charge < -0.3 is 19.7 Å². The second kappa shape index (κ2) is 10.5. The van der Waals surface area contributed by atoms with Crippen LogP contribution in [0, 0.1) is 0 Å². The van der Waals surface area contributed by atoms with Crippen LogP contribution in [-0.2, 0) is 20.7 Å². The molecular weight excluding hydrogens is 430 g/mol. The van der Waals surface area contributed by atoms with Gasteiger partial charge in [-0.1, -0.05) is 18.2 Å². The largest absolute Gasteiger partial charge is 0.438 e. The van der Waals surface area contributed by atoms with E-state index < -0.39 is 0 Å². The number of aromatic nitrogens is 2. The summed E-state index contributed by atoms with van der Waals surface area (Å²) in [6, 6.07) is 13.5. The predicted octanol–water partition coefficient (Wildman–Crippen LogP) is 2.56. The molecule has 3 aromatic rings. The van der Waals surface area contributed by atoms with Crippen LogP contribution in [0.4, 0.5) is 5.69 Å². The molecule has 0 bridgehead atoms. The van der Waals surface area contributed by atoms with Crippen molar-refractivity contribution >= 4 is 17.2 Å². The minimum atomic E-state index is -0.324. The quantitative estimate of drug-likeness (QED) is 0.427. The summed E-state index contributed by atoms with van der Waals surface area (Å²) in [5.41, 5.74) is 5.36. The summed E-state index contributed by atoms with van der Waals surface area (Å²) < 4.78 is 11.7. The molecule has 2 saturated heterocycles. The Hall–Kier alpha value is -2.94. The topological polar surface area (TPSA) is 71.3 Å². The Balaban J connectivity index is 1.35. The number of para-hydroxylation sites is 1. The summed E-state index contributed by atoms with van der Waals surface area (Å²) in [5, 5.41) is 7.87. The molecule has 4 heterocycles. The van der Waals surface area contributed by atoms with Gasteiger partial charge in [-0.25, -0.2) is 4.52 Å².